The number of hydrogen-bond donors (Lipinski definition) is 1. The fraction of sp³-hybridized carbons (Fsp3) is 0.478. The molecule has 2 aromatic rings. The molecule has 0 bridgehead atoms. The lowest BCUT2D eigenvalue weighted by Gasteiger charge is -2.29. The molecular formula is C23H30BrClN2O2. The second-order valence-corrected chi connectivity index (χ2v) is 8.52. The molecule has 0 aromatic heterocycles. The molecule has 0 radical (unpaired) electrons. The number of anilines is 2. The van der Waals surface area contributed by atoms with Crippen LogP contribution in [0.1, 0.15) is 45.1 Å². The minimum absolute atomic E-state index is 0.597. The van der Waals surface area contributed by atoms with Crippen LogP contribution in [0.5, 0.6) is 11.5 Å². The highest BCUT2D eigenvalue weighted by Crippen LogP contribution is 2.37. The van der Waals surface area contributed by atoms with Crippen molar-refractivity contribution in [2.75, 3.05) is 36.5 Å². The summed E-state index contributed by atoms with van der Waals surface area (Å²) < 4.78 is 12.6. The van der Waals surface area contributed by atoms with Crippen LogP contribution < -0.4 is 19.7 Å². The molecule has 1 N–H and O–H groups in total. The highest BCUT2D eigenvalue weighted by atomic mass is 79.9. The quantitative estimate of drug-likeness (QED) is 0.423. The lowest BCUT2D eigenvalue weighted by atomic mass is 10.1. The fourth-order valence-electron chi connectivity index (χ4n) is 3.54. The third kappa shape index (κ3) is 5.95. The van der Waals surface area contributed by atoms with Crippen LogP contribution in [0.2, 0.25) is 5.02 Å². The number of nitrogens with zero attached hydrogens (tertiary/aromatic N) is 1. The van der Waals surface area contributed by atoms with Crippen LogP contribution in [0, 0.1) is 0 Å². The molecule has 1 saturated heterocycles. The Morgan fingerprint density at radius 3 is 2.55 bits per heavy atom. The number of hydrogen-bond acceptors (Lipinski definition) is 4. The van der Waals surface area contributed by atoms with Crippen molar-refractivity contribution in [3.63, 3.8) is 0 Å². The van der Waals surface area contributed by atoms with Crippen molar-refractivity contribution in [1.29, 1.82) is 0 Å². The maximum atomic E-state index is 6.58. The second kappa shape index (κ2) is 11.0. The van der Waals surface area contributed by atoms with Gasteiger partial charge in [0.05, 0.1) is 28.4 Å². The SMILES string of the molecule is CCCOc1c(Br)cc(CNc2ccc(N3CCCCC3)c(Cl)c2)cc1OCC. The van der Waals surface area contributed by atoms with Crippen LogP contribution in [0.3, 0.4) is 0 Å². The van der Waals surface area contributed by atoms with Crippen molar-refractivity contribution in [2.45, 2.75) is 46.1 Å². The minimum atomic E-state index is 0.597. The van der Waals surface area contributed by atoms with E-state index in [1.54, 1.807) is 0 Å². The van der Waals surface area contributed by atoms with Gasteiger partial charge in [-0.2, -0.15) is 0 Å². The summed E-state index contributed by atoms with van der Waals surface area (Å²) in [6, 6.07) is 10.4. The predicted molar refractivity (Wildman–Crippen MR) is 126 cm³/mol. The van der Waals surface area contributed by atoms with Gasteiger partial charge >= 0.3 is 0 Å². The van der Waals surface area contributed by atoms with Crippen molar-refractivity contribution >= 4 is 38.9 Å². The summed E-state index contributed by atoms with van der Waals surface area (Å²) >= 11 is 10.2. The van der Waals surface area contributed by atoms with Crippen LogP contribution in [0.25, 0.3) is 0 Å². The van der Waals surface area contributed by atoms with E-state index in [2.05, 4.69) is 51.3 Å². The zero-order valence-corrected chi connectivity index (χ0v) is 19.6. The summed E-state index contributed by atoms with van der Waals surface area (Å²) in [4.78, 5) is 2.39. The van der Waals surface area contributed by atoms with E-state index >= 15 is 0 Å². The van der Waals surface area contributed by atoms with E-state index in [-0.39, 0.29) is 0 Å². The van der Waals surface area contributed by atoms with Crippen molar-refractivity contribution < 1.29 is 9.47 Å². The van der Waals surface area contributed by atoms with Gasteiger partial charge in [-0.1, -0.05) is 18.5 Å². The summed E-state index contributed by atoms with van der Waals surface area (Å²) in [5.74, 6) is 1.54. The monoisotopic (exact) mass is 480 g/mol. The van der Waals surface area contributed by atoms with Crippen molar-refractivity contribution in [2.24, 2.45) is 0 Å². The molecule has 0 saturated carbocycles. The Balaban J connectivity index is 1.69. The third-order valence-electron chi connectivity index (χ3n) is 4.96. The van der Waals surface area contributed by atoms with Gasteiger partial charge in [-0.15, -0.1) is 0 Å². The van der Waals surface area contributed by atoms with Crippen molar-refractivity contribution in [1.82, 2.24) is 0 Å². The molecule has 6 heteroatoms. The van der Waals surface area contributed by atoms with E-state index < -0.39 is 0 Å². The zero-order valence-electron chi connectivity index (χ0n) is 17.3. The average Bonchev–Trinajstić information content (AvgIpc) is 2.72. The van der Waals surface area contributed by atoms with Crippen LogP contribution in [0.4, 0.5) is 11.4 Å². The van der Waals surface area contributed by atoms with Gasteiger partial charge in [-0.05, 0) is 84.4 Å². The molecule has 3 rings (SSSR count). The Morgan fingerprint density at radius 1 is 1.07 bits per heavy atom. The summed E-state index contributed by atoms with van der Waals surface area (Å²) in [6.07, 6.45) is 4.75. The molecule has 1 heterocycles. The highest BCUT2D eigenvalue weighted by Gasteiger charge is 2.15. The number of nitrogens with one attached hydrogen (secondary N) is 1. The maximum absolute atomic E-state index is 6.58. The van der Waals surface area contributed by atoms with Gasteiger partial charge in [0.15, 0.2) is 11.5 Å². The summed E-state index contributed by atoms with van der Waals surface area (Å²) in [7, 11) is 0. The fourth-order valence-corrected chi connectivity index (χ4v) is 4.45. The smallest absolute Gasteiger partial charge is 0.175 e. The summed E-state index contributed by atoms with van der Waals surface area (Å²) in [5, 5.41) is 4.27. The molecule has 1 fully saturated rings. The average molecular weight is 482 g/mol. The number of ether oxygens (including phenoxy) is 2. The topological polar surface area (TPSA) is 33.7 Å². The number of rotatable bonds is 9. The third-order valence-corrected chi connectivity index (χ3v) is 5.85. The van der Waals surface area contributed by atoms with E-state index in [0.717, 1.165) is 57.4 Å². The van der Waals surface area contributed by atoms with Gasteiger partial charge in [0.1, 0.15) is 0 Å². The molecule has 0 atom stereocenters. The molecule has 0 aliphatic carbocycles. The van der Waals surface area contributed by atoms with E-state index in [9.17, 15) is 0 Å². The molecule has 0 amide bonds. The molecule has 158 valence electrons. The van der Waals surface area contributed by atoms with E-state index in [4.69, 9.17) is 21.1 Å². The minimum Gasteiger partial charge on any atom is -0.490 e. The van der Waals surface area contributed by atoms with Crippen LogP contribution in [-0.4, -0.2) is 26.3 Å². The maximum Gasteiger partial charge on any atom is 0.175 e. The normalized spacial score (nSPS) is 14.0. The van der Waals surface area contributed by atoms with E-state index in [1.165, 1.54) is 19.3 Å². The highest BCUT2D eigenvalue weighted by molar-refractivity contribution is 9.10. The van der Waals surface area contributed by atoms with E-state index in [0.29, 0.717) is 19.8 Å². The first-order chi connectivity index (χ1) is 14.1. The lowest BCUT2D eigenvalue weighted by molar-refractivity contribution is 0.275. The standard InChI is InChI=1S/C23H30BrClN2O2/c1-3-12-29-23-19(24)13-17(14-22(23)28-4-2)16-26-18-8-9-21(20(25)15-18)27-10-6-5-7-11-27/h8-9,13-15,26H,3-7,10-12,16H2,1-2H3. The van der Waals surface area contributed by atoms with Gasteiger partial charge in [0.25, 0.3) is 0 Å². The van der Waals surface area contributed by atoms with Crippen molar-refractivity contribution in [3.05, 3.63) is 45.4 Å². The Labute approximate surface area is 187 Å². The van der Waals surface area contributed by atoms with Gasteiger partial charge in [-0.3, -0.25) is 0 Å². The van der Waals surface area contributed by atoms with Gasteiger partial charge in [-0.25, -0.2) is 0 Å². The second-order valence-electron chi connectivity index (χ2n) is 7.25. The Kier molecular flexibility index (Phi) is 8.37. The first-order valence-electron chi connectivity index (χ1n) is 10.5. The van der Waals surface area contributed by atoms with Crippen LogP contribution in [0.15, 0.2) is 34.8 Å². The summed E-state index contributed by atoms with van der Waals surface area (Å²) in [5.41, 5.74) is 3.26. The Bertz CT molecular complexity index is 810. The molecule has 4 nitrogen and oxygen atoms in total. The van der Waals surface area contributed by atoms with Crippen LogP contribution in [-0.2, 0) is 6.54 Å². The zero-order chi connectivity index (χ0) is 20.6. The number of piperidine rings is 1. The van der Waals surface area contributed by atoms with Gasteiger partial charge < -0.3 is 19.7 Å². The van der Waals surface area contributed by atoms with E-state index in [1.807, 2.05) is 19.1 Å². The Morgan fingerprint density at radius 2 is 1.86 bits per heavy atom. The molecule has 1 aliphatic heterocycles. The van der Waals surface area contributed by atoms with Gasteiger partial charge in [0, 0.05) is 25.3 Å². The van der Waals surface area contributed by atoms with Crippen molar-refractivity contribution in [3.8, 4) is 11.5 Å². The summed E-state index contributed by atoms with van der Waals surface area (Å²) in [6.45, 7) is 8.19. The molecule has 29 heavy (non-hydrogen) atoms. The predicted octanol–water partition coefficient (Wildman–Crippen LogP) is 6.89. The molecule has 2 aromatic carbocycles. The number of benzene rings is 2. The lowest BCUT2D eigenvalue weighted by Crippen LogP contribution is -2.29. The Hall–Kier alpha value is -1.59. The largest absolute Gasteiger partial charge is 0.490 e. The first kappa shape index (κ1) is 22.1. The van der Waals surface area contributed by atoms with Gasteiger partial charge in [0.2, 0.25) is 0 Å². The molecular weight excluding hydrogens is 452 g/mol. The molecule has 1 aliphatic rings. The first-order valence-corrected chi connectivity index (χ1v) is 11.7. The molecule has 0 unspecified atom stereocenters. The molecule has 0 spiro atoms. The number of halogens is 2. The van der Waals surface area contributed by atoms with Crippen LogP contribution >= 0.6 is 27.5 Å².